The molecule has 0 radical (unpaired) electrons. The van der Waals surface area contributed by atoms with E-state index < -0.39 is 23.8 Å². The van der Waals surface area contributed by atoms with Gasteiger partial charge in [-0.15, -0.1) is 0 Å². The summed E-state index contributed by atoms with van der Waals surface area (Å²) in [5.74, 6) is -2.92. The van der Waals surface area contributed by atoms with E-state index >= 15 is 0 Å². The standard InChI is InChI=1S/C56H56O10/c57-53(58)45-23-19-39(20-24-45)41-27-31-47(32-28-41)63-35-11-1-3-13-37-65-55(61)51-49(43-15-7-5-8-16-43)50(44-17-9-6-10-18-44)52(51)56(62)66-38-14-4-2-12-36-64-48-33-29-42(30-34-48)40-21-25-46(26-22-40)54(59)60/h5-10,15-34,49-52H,1-4,11-14,35-38H2,(H,57,58)(H,59,60)/t49-,50+,51+,52-. The zero-order valence-corrected chi connectivity index (χ0v) is 37.0. The number of carboxylic acids is 2. The Bertz CT molecular complexity index is 2290. The second kappa shape index (κ2) is 23.6. The predicted octanol–water partition coefficient (Wildman–Crippen LogP) is 11.9. The molecular weight excluding hydrogens is 833 g/mol. The fraction of sp³-hybridized carbons (Fsp3) is 0.286. The molecule has 10 heteroatoms. The highest BCUT2D eigenvalue weighted by atomic mass is 16.5. The van der Waals surface area contributed by atoms with Gasteiger partial charge in [0.25, 0.3) is 0 Å². The summed E-state index contributed by atoms with van der Waals surface area (Å²) in [6, 6.07) is 48.8. The molecule has 10 nitrogen and oxygen atoms in total. The first kappa shape index (κ1) is 46.8. The van der Waals surface area contributed by atoms with Crippen molar-refractivity contribution in [3.8, 4) is 33.8 Å². The first-order valence-corrected chi connectivity index (χ1v) is 22.8. The van der Waals surface area contributed by atoms with Crippen LogP contribution in [-0.2, 0) is 19.1 Å². The lowest BCUT2D eigenvalue weighted by Crippen LogP contribution is -2.52. The molecule has 0 unspecified atom stereocenters. The fourth-order valence-corrected chi connectivity index (χ4v) is 8.65. The fourth-order valence-electron chi connectivity index (χ4n) is 8.65. The number of hydrogen-bond donors (Lipinski definition) is 2. The molecule has 2 N–H and O–H groups in total. The second-order valence-electron chi connectivity index (χ2n) is 16.6. The molecular formula is C56H56O10. The van der Waals surface area contributed by atoms with Gasteiger partial charge < -0.3 is 29.2 Å². The molecule has 0 amide bonds. The van der Waals surface area contributed by atoms with E-state index in [1.807, 2.05) is 109 Å². The first-order valence-electron chi connectivity index (χ1n) is 22.8. The third-order valence-electron chi connectivity index (χ3n) is 12.2. The van der Waals surface area contributed by atoms with Crippen LogP contribution >= 0.6 is 0 Å². The minimum absolute atomic E-state index is 0.232. The van der Waals surface area contributed by atoms with Gasteiger partial charge in [0.15, 0.2) is 0 Å². The van der Waals surface area contributed by atoms with Crippen molar-refractivity contribution in [2.45, 2.75) is 63.2 Å². The predicted molar refractivity (Wildman–Crippen MR) is 253 cm³/mol. The smallest absolute Gasteiger partial charge is 0.335 e. The molecule has 340 valence electrons. The van der Waals surface area contributed by atoms with E-state index in [4.69, 9.17) is 29.2 Å². The van der Waals surface area contributed by atoms with E-state index in [2.05, 4.69) is 0 Å². The highest BCUT2D eigenvalue weighted by molar-refractivity contribution is 5.89. The number of carbonyl (C=O) groups is 4. The van der Waals surface area contributed by atoms with Gasteiger partial charge in [0.1, 0.15) is 11.5 Å². The van der Waals surface area contributed by atoms with Gasteiger partial charge >= 0.3 is 23.9 Å². The van der Waals surface area contributed by atoms with Crippen molar-refractivity contribution in [3.05, 3.63) is 180 Å². The molecule has 1 aliphatic rings. The summed E-state index contributed by atoms with van der Waals surface area (Å²) in [7, 11) is 0. The molecule has 66 heavy (non-hydrogen) atoms. The molecule has 0 bridgehead atoms. The van der Waals surface area contributed by atoms with Crippen LogP contribution in [0.25, 0.3) is 22.3 Å². The van der Waals surface area contributed by atoms with Crippen LogP contribution in [0.1, 0.15) is 95.0 Å². The Kier molecular flexibility index (Phi) is 16.8. The maximum absolute atomic E-state index is 13.9. The number of rotatable bonds is 24. The van der Waals surface area contributed by atoms with Crippen LogP contribution in [0.2, 0.25) is 0 Å². The summed E-state index contributed by atoms with van der Waals surface area (Å²) in [5, 5.41) is 18.3. The highest BCUT2D eigenvalue weighted by Gasteiger charge is 2.59. The number of carboxylic acid groups (broad SMARTS) is 2. The van der Waals surface area contributed by atoms with Gasteiger partial charge in [-0.05, 0) is 133 Å². The highest BCUT2D eigenvalue weighted by Crippen LogP contribution is 2.58. The summed E-state index contributed by atoms with van der Waals surface area (Å²) < 4.78 is 23.7. The monoisotopic (exact) mass is 888 g/mol. The number of benzene rings is 6. The molecule has 0 spiro atoms. The van der Waals surface area contributed by atoms with E-state index in [9.17, 15) is 19.2 Å². The van der Waals surface area contributed by atoms with Crippen LogP contribution in [0.4, 0.5) is 0 Å². The Morgan fingerprint density at radius 2 is 0.667 bits per heavy atom. The molecule has 4 atom stereocenters. The van der Waals surface area contributed by atoms with Crippen molar-refractivity contribution >= 4 is 23.9 Å². The Hall–Kier alpha value is -7.20. The van der Waals surface area contributed by atoms with Crippen LogP contribution in [0.15, 0.2) is 158 Å². The third kappa shape index (κ3) is 12.5. The lowest BCUT2D eigenvalue weighted by atomic mass is 9.52. The van der Waals surface area contributed by atoms with Gasteiger partial charge in [-0.2, -0.15) is 0 Å². The number of aromatic carboxylic acids is 2. The minimum Gasteiger partial charge on any atom is -0.494 e. The molecule has 1 saturated carbocycles. The van der Waals surface area contributed by atoms with Crippen molar-refractivity contribution < 1.29 is 48.3 Å². The minimum atomic E-state index is -0.950. The average Bonchev–Trinajstić information content (AvgIpc) is 3.34. The molecule has 0 aliphatic heterocycles. The summed E-state index contributed by atoms with van der Waals surface area (Å²) in [6.07, 6.45) is 6.62. The molecule has 0 aromatic heterocycles. The topological polar surface area (TPSA) is 146 Å². The molecule has 6 aromatic rings. The van der Waals surface area contributed by atoms with Crippen LogP contribution < -0.4 is 9.47 Å². The van der Waals surface area contributed by atoms with Crippen molar-refractivity contribution in [1.29, 1.82) is 0 Å². The maximum Gasteiger partial charge on any atom is 0.335 e. The van der Waals surface area contributed by atoms with Gasteiger partial charge in [-0.3, -0.25) is 9.59 Å². The largest absolute Gasteiger partial charge is 0.494 e. The van der Waals surface area contributed by atoms with Crippen LogP contribution in [0.3, 0.4) is 0 Å². The van der Waals surface area contributed by atoms with E-state index in [1.165, 1.54) is 0 Å². The Labute approximate surface area is 386 Å². The molecule has 0 saturated heterocycles. The number of unbranched alkanes of at least 4 members (excludes halogenated alkanes) is 6. The summed E-state index contributed by atoms with van der Waals surface area (Å²) in [4.78, 5) is 50.2. The Morgan fingerprint density at radius 3 is 0.985 bits per heavy atom. The lowest BCUT2D eigenvalue weighted by Gasteiger charge is -2.49. The Morgan fingerprint density at radius 1 is 0.364 bits per heavy atom. The van der Waals surface area contributed by atoms with Crippen LogP contribution in [-0.4, -0.2) is 60.5 Å². The van der Waals surface area contributed by atoms with Crippen molar-refractivity contribution in [2.75, 3.05) is 26.4 Å². The molecule has 0 heterocycles. The first-order chi connectivity index (χ1) is 32.3. The number of carbonyl (C=O) groups excluding carboxylic acids is 2. The number of esters is 2. The number of ether oxygens (including phenoxy) is 4. The Balaban J connectivity index is 0.837. The van der Waals surface area contributed by atoms with Gasteiger partial charge in [-0.1, -0.05) is 109 Å². The normalized spacial score (nSPS) is 16.4. The van der Waals surface area contributed by atoms with Gasteiger partial charge in [0.2, 0.25) is 0 Å². The van der Waals surface area contributed by atoms with E-state index in [-0.39, 0.29) is 48.1 Å². The van der Waals surface area contributed by atoms with Crippen LogP contribution in [0, 0.1) is 11.8 Å². The van der Waals surface area contributed by atoms with Crippen molar-refractivity contribution in [2.24, 2.45) is 11.8 Å². The van der Waals surface area contributed by atoms with Crippen molar-refractivity contribution in [3.63, 3.8) is 0 Å². The van der Waals surface area contributed by atoms with Crippen molar-refractivity contribution in [1.82, 2.24) is 0 Å². The second-order valence-corrected chi connectivity index (χ2v) is 16.6. The van der Waals surface area contributed by atoms with E-state index in [0.29, 0.717) is 26.1 Å². The average molecular weight is 889 g/mol. The van der Waals surface area contributed by atoms with E-state index in [0.717, 1.165) is 83.4 Å². The molecule has 6 aromatic carbocycles. The molecule has 7 rings (SSSR count). The maximum atomic E-state index is 13.9. The summed E-state index contributed by atoms with van der Waals surface area (Å²) >= 11 is 0. The molecule has 1 fully saturated rings. The lowest BCUT2D eigenvalue weighted by molar-refractivity contribution is -0.172. The third-order valence-corrected chi connectivity index (χ3v) is 12.2. The zero-order chi connectivity index (χ0) is 46.1. The van der Waals surface area contributed by atoms with Gasteiger partial charge in [0, 0.05) is 11.8 Å². The molecule has 1 aliphatic carbocycles. The SMILES string of the molecule is O=C(O)c1ccc(-c2ccc(OCCCCCCOC(=O)[C@@H]3[C@H](C(=O)OCCCCCCOc4ccc(-c5ccc(C(=O)O)cc5)cc4)[C@@H](c4ccccc4)[C@H]3c3ccccc3)cc2)cc1. The van der Waals surface area contributed by atoms with E-state index in [1.54, 1.807) is 48.5 Å². The zero-order valence-electron chi connectivity index (χ0n) is 37.0. The van der Waals surface area contributed by atoms with Crippen LogP contribution in [0.5, 0.6) is 11.5 Å². The number of hydrogen-bond acceptors (Lipinski definition) is 8. The summed E-state index contributed by atoms with van der Waals surface area (Å²) in [5.41, 5.74) is 6.30. The van der Waals surface area contributed by atoms with Gasteiger partial charge in [0.05, 0.1) is 49.4 Å². The summed E-state index contributed by atoms with van der Waals surface area (Å²) in [6.45, 7) is 1.65. The van der Waals surface area contributed by atoms with Gasteiger partial charge in [-0.25, -0.2) is 9.59 Å². The quantitative estimate of drug-likeness (QED) is 0.0445.